The first kappa shape index (κ1) is 16.5. The van der Waals surface area contributed by atoms with Crippen LogP contribution in [0.2, 0.25) is 5.02 Å². The smallest absolute Gasteiger partial charge is 0.267 e. The third kappa shape index (κ3) is 6.45. The lowest BCUT2D eigenvalue weighted by Crippen LogP contribution is -2.20. The summed E-state index contributed by atoms with van der Waals surface area (Å²) < 4.78 is 0. The third-order valence-corrected chi connectivity index (χ3v) is 2.69. The van der Waals surface area contributed by atoms with Crippen LogP contribution in [-0.2, 0) is 9.59 Å². The third-order valence-electron chi connectivity index (χ3n) is 2.44. The maximum Gasteiger partial charge on any atom is 0.267 e. The van der Waals surface area contributed by atoms with Gasteiger partial charge in [0.15, 0.2) is 0 Å². The van der Waals surface area contributed by atoms with Crippen LogP contribution >= 0.6 is 11.6 Å². The number of hydrogen-bond donors (Lipinski definition) is 3. The van der Waals surface area contributed by atoms with Gasteiger partial charge in [-0.15, -0.1) is 0 Å². The Balaban J connectivity index is 2.47. The van der Waals surface area contributed by atoms with Gasteiger partial charge in [0.1, 0.15) is 11.6 Å². The molecule has 0 radical (unpaired) electrons. The maximum absolute atomic E-state index is 11.9. The van der Waals surface area contributed by atoms with Crippen LogP contribution in [0.25, 0.3) is 0 Å². The number of nitriles is 1. The molecule has 0 aliphatic rings. The predicted molar refractivity (Wildman–Crippen MR) is 80.5 cm³/mol. The van der Waals surface area contributed by atoms with Crippen LogP contribution in [0.1, 0.15) is 6.42 Å². The molecule has 0 fully saturated rings. The molecule has 0 spiro atoms. The molecule has 21 heavy (non-hydrogen) atoms. The van der Waals surface area contributed by atoms with Crippen molar-refractivity contribution >= 4 is 29.6 Å². The van der Waals surface area contributed by atoms with E-state index in [0.717, 1.165) is 0 Å². The van der Waals surface area contributed by atoms with Crippen LogP contribution in [0.15, 0.2) is 36.0 Å². The Kier molecular flexibility index (Phi) is 7.40. The van der Waals surface area contributed by atoms with Crippen molar-refractivity contribution in [3.05, 3.63) is 41.1 Å². The first-order valence-electron chi connectivity index (χ1n) is 6.25. The van der Waals surface area contributed by atoms with Crippen molar-refractivity contribution in [2.24, 2.45) is 0 Å². The summed E-state index contributed by atoms with van der Waals surface area (Å²) in [6.07, 6.45) is 2.66. The lowest BCUT2D eigenvalue weighted by molar-refractivity contribution is -0.112. The van der Waals surface area contributed by atoms with Crippen LogP contribution in [0.5, 0.6) is 0 Å². The molecule has 3 N–H and O–H groups in total. The molecule has 0 saturated heterocycles. The molecule has 1 aromatic rings. The van der Waals surface area contributed by atoms with Crippen molar-refractivity contribution in [1.29, 1.82) is 5.26 Å². The average Bonchev–Trinajstić information content (AvgIpc) is 2.49. The average molecular weight is 307 g/mol. The summed E-state index contributed by atoms with van der Waals surface area (Å²) in [6.45, 7) is 1.07. The zero-order chi connectivity index (χ0) is 15.5. The monoisotopic (exact) mass is 306 g/mol. The molecule has 2 amide bonds. The molecular weight excluding hydrogens is 292 g/mol. The van der Waals surface area contributed by atoms with E-state index in [1.807, 2.05) is 6.07 Å². The van der Waals surface area contributed by atoms with Gasteiger partial charge in [0, 0.05) is 30.0 Å². The number of nitrogens with one attached hydrogen (secondary N) is 3. The van der Waals surface area contributed by atoms with Crippen molar-refractivity contribution in [3.63, 3.8) is 0 Å². The minimum Gasteiger partial charge on any atom is -0.390 e. The van der Waals surface area contributed by atoms with Crippen LogP contribution in [0.4, 0.5) is 5.69 Å². The Morgan fingerprint density at radius 2 is 1.90 bits per heavy atom. The van der Waals surface area contributed by atoms with Gasteiger partial charge in [-0.2, -0.15) is 5.26 Å². The quantitative estimate of drug-likeness (QED) is 0.293. The lowest BCUT2D eigenvalue weighted by atomic mass is 10.2. The molecule has 1 rings (SSSR count). The van der Waals surface area contributed by atoms with E-state index in [0.29, 0.717) is 36.6 Å². The maximum atomic E-state index is 11.9. The number of carbonyl (C=O) groups excluding carboxylic acids is 2. The number of amides is 2. The minimum atomic E-state index is -0.502. The van der Waals surface area contributed by atoms with Crippen LogP contribution < -0.4 is 16.0 Å². The number of carbonyl (C=O) groups is 2. The zero-order valence-electron chi connectivity index (χ0n) is 11.2. The van der Waals surface area contributed by atoms with Gasteiger partial charge < -0.3 is 16.0 Å². The molecule has 110 valence electrons. The van der Waals surface area contributed by atoms with Crippen molar-refractivity contribution < 1.29 is 9.59 Å². The van der Waals surface area contributed by atoms with Crippen molar-refractivity contribution in [3.8, 4) is 6.07 Å². The molecule has 0 aromatic heterocycles. The van der Waals surface area contributed by atoms with E-state index in [1.165, 1.54) is 6.20 Å². The minimum absolute atomic E-state index is 0.0340. The summed E-state index contributed by atoms with van der Waals surface area (Å²) in [6, 6.07) is 8.41. The second-order valence-corrected chi connectivity index (χ2v) is 4.45. The molecule has 7 heteroatoms. The Labute approximate surface area is 127 Å². The Hall–Kier alpha value is -2.52. The topological polar surface area (TPSA) is 94.0 Å². The fourth-order valence-corrected chi connectivity index (χ4v) is 1.53. The molecule has 0 saturated carbocycles. The molecule has 0 aliphatic carbocycles. The van der Waals surface area contributed by atoms with Gasteiger partial charge in [-0.25, -0.2) is 0 Å². The number of anilines is 1. The van der Waals surface area contributed by atoms with E-state index < -0.39 is 5.91 Å². The van der Waals surface area contributed by atoms with Crippen molar-refractivity contribution in [2.75, 3.05) is 18.4 Å². The number of halogens is 1. The highest BCUT2D eigenvalue weighted by molar-refractivity contribution is 6.30. The van der Waals surface area contributed by atoms with Crippen molar-refractivity contribution in [1.82, 2.24) is 10.6 Å². The van der Waals surface area contributed by atoms with Gasteiger partial charge in [-0.1, -0.05) is 11.6 Å². The van der Waals surface area contributed by atoms with Gasteiger partial charge in [-0.05, 0) is 30.7 Å². The van der Waals surface area contributed by atoms with E-state index in [1.54, 1.807) is 24.3 Å². The number of benzene rings is 1. The standard InChI is InChI=1S/C14H15ClN4O2/c15-12-2-4-13(5-3-12)19-14(21)11(8-16)9-17-6-1-7-18-10-20/h2-5,9-10,17H,1,6-7H2,(H,18,20)(H,19,21)/b11-9-. The highest BCUT2D eigenvalue weighted by atomic mass is 35.5. The van der Waals surface area contributed by atoms with E-state index in [-0.39, 0.29) is 5.57 Å². The highest BCUT2D eigenvalue weighted by Gasteiger charge is 2.08. The molecule has 0 atom stereocenters. The van der Waals surface area contributed by atoms with E-state index in [4.69, 9.17) is 16.9 Å². The second-order valence-electron chi connectivity index (χ2n) is 4.01. The van der Waals surface area contributed by atoms with Crippen LogP contribution in [0, 0.1) is 11.3 Å². The van der Waals surface area contributed by atoms with E-state index >= 15 is 0 Å². The van der Waals surface area contributed by atoms with Gasteiger partial charge in [-0.3, -0.25) is 9.59 Å². The predicted octanol–water partition coefficient (Wildman–Crippen LogP) is 1.41. The molecule has 0 unspecified atom stereocenters. The summed E-state index contributed by atoms with van der Waals surface area (Å²) >= 11 is 5.75. The molecule has 1 aromatic carbocycles. The fraction of sp³-hybridized carbons (Fsp3) is 0.214. The molecule has 0 aliphatic heterocycles. The molecule has 0 heterocycles. The Bertz CT molecular complexity index is 549. The summed E-state index contributed by atoms with van der Waals surface area (Å²) in [5.41, 5.74) is 0.522. The van der Waals surface area contributed by atoms with Crippen LogP contribution in [-0.4, -0.2) is 25.4 Å². The van der Waals surface area contributed by atoms with Gasteiger partial charge in [0.25, 0.3) is 5.91 Å². The summed E-state index contributed by atoms with van der Waals surface area (Å²) in [4.78, 5) is 21.9. The summed E-state index contributed by atoms with van der Waals surface area (Å²) in [7, 11) is 0. The van der Waals surface area contributed by atoms with E-state index in [2.05, 4.69) is 16.0 Å². The normalized spacial score (nSPS) is 10.4. The summed E-state index contributed by atoms with van der Waals surface area (Å²) in [5, 5.41) is 17.5. The number of hydrogen-bond acceptors (Lipinski definition) is 4. The van der Waals surface area contributed by atoms with Crippen LogP contribution in [0.3, 0.4) is 0 Å². The Morgan fingerprint density at radius 3 is 2.52 bits per heavy atom. The SMILES string of the molecule is N#C/C(=C/NCCCNC=O)C(=O)Nc1ccc(Cl)cc1. The molecule has 6 nitrogen and oxygen atoms in total. The first-order valence-corrected chi connectivity index (χ1v) is 6.62. The van der Waals surface area contributed by atoms with Gasteiger partial charge in [0.05, 0.1) is 0 Å². The van der Waals surface area contributed by atoms with Gasteiger partial charge >= 0.3 is 0 Å². The van der Waals surface area contributed by atoms with Crippen molar-refractivity contribution in [2.45, 2.75) is 6.42 Å². The largest absolute Gasteiger partial charge is 0.390 e. The first-order chi connectivity index (χ1) is 10.2. The number of nitrogens with zero attached hydrogens (tertiary/aromatic N) is 1. The second kappa shape index (κ2) is 9.39. The van der Waals surface area contributed by atoms with E-state index in [9.17, 15) is 9.59 Å². The Morgan fingerprint density at radius 1 is 1.24 bits per heavy atom. The lowest BCUT2D eigenvalue weighted by Gasteiger charge is -2.05. The summed E-state index contributed by atoms with van der Waals surface area (Å²) in [5.74, 6) is -0.502. The molecule has 0 bridgehead atoms. The molecular formula is C14H15ClN4O2. The fourth-order valence-electron chi connectivity index (χ4n) is 1.41. The number of rotatable bonds is 8. The zero-order valence-corrected chi connectivity index (χ0v) is 12.0. The van der Waals surface area contributed by atoms with Gasteiger partial charge in [0.2, 0.25) is 6.41 Å². The highest BCUT2D eigenvalue weighted by Crippen LogP contribution is 2.13.